The number of aliphatic imine (C=N–C) groups is 2. The van der Waals surface area contributed by atoms with Crippen LogP contribution < -0.4 is 0 Å². The zero-order chi connectivity index (χ0) is 24.4. The van der Waals surface area contributed by atoms with E-state index in [0.29, 0.717) is 5.92 Å². The summed E-state index contributed by atoms with van der Waals surface area (Å²) in [6.07, 6.45) is 21.9. The molecule has 4 aliphatic heterocycles. The highest BCUT2D eigenvalue weighted by Crippen LogP contribution is 2.34. The van der Waals surface area contributed by atoms with Crippen LogP contribution in [-0.2, 0) is 4.79 Å². The van der Waals surface area contributed by atoms with Crippen molar-refractivity contribution in [1.82, 2.24) is 9.80 Å². The number of piperidine rings is 1. The first-order valence-corrected chi connectivity index (χ1v) is 13.4. The molecule has 35 heavy (non-hydrogen) atoms. The zero-order valence-electron chi connectivity index (χ0n) is 21.5. The van der Waals surface area contributed by atoms with Crippen molar-refractivity contribution in [3.05, 3.63) is 70.4 Å². The summed E-state index contributed by atoms with van der Waals surface area (Å²) in [4.78, 5) is 27.5. The van der Waals surface area contributed by atoms with Gasteiger partial charge in [-0.3, -0.25) is 19.7 Å². The van der Waals surface area contributed by atoms with Gasteiger partial charge in [-0.05, 0) is 100 Å². The van der Waals surface area contributed by atoms with Crippen molar-refractivity contribution >= 4 is 17.8 Å². The monoisotopic (exact) mass is 470 g/mol. The highest BCUT2D eigenvalue weighted by molar-refractivity contribution is 5.97. The van der Waals surface area contributed by atoms with Crippen molar-refractivity contribution in [2.45, 2.75) is 65.7 Å². The van der Waals surface area contributed by atoms with E-state index in [1.807, 2.05) is 23.4 Å². The maximum Gasteiger partial charge on any atom is 0.255 e. The molecule has 0 aromatic heterocycles. The fourth-order valence-corrected chi connectivity index (χ4v) is 5.74. The lowest BCUT2D eigenvalue weighted by Crippen LogP contribution is -2.35. The number of carbonyl (C=O) groups is 1. The Balaban J connectivity index is 1.39. The Bertz CT molecular complexity index is 1120. The molecule has 5 heteroatoms. The maximum absolute atomic E-state index is 13.6. The minimum atomic E-state index is 0.0234. The highest BCUT2D eigenvalue weighted by atomic mass is 16.2. The van der Waals surface area contributed by atoms with E-state index in [1.54, 1.807) is 0 Å². The fourth-order valence-electron chi connectivity index (χ4n) is 5.74. The van der Waals surface area contributed by atoms with Gasteiger partial charge in [0.25, 0.3) is 5.91 Å². The maximum atomic E-state index is 13.6. The quantitative estimate of drug-likeness (QED) is 0.500. The largest absolute Gasteiger partial charge is 0.304 e. The van der Waals surface area contributed by atoms with Crippen molar-refractivity contribution in [3.8, 4) is 0 Å². The molecule has 0 aromatic rings. The van der Waals surface area contributed by atoms with Gasteiger partial charge in [0.2, 0.25) is 0 Å². The van der Waals surface area contributed by atoms with Crippen molar-refractivity contribution in [3.63, 3.8) is 0 Å². The third-order valence-corrected chi connectivity index (χ3v) is 8.09. The lowest BCUT2D eigenvalue weighted by molar-refractivity contribution is -0.122. The molecule has 5 nitrogen and oxygen atoms in total. The molecular formula is C30H38N4O. The van der Waals surface area contributed by atoms with E-state index in [4.69, 9.17) is 9.98 Å². The molecule has 184 valence electrons. The molecule has 0 N–H and O–H groups in total. The zero-order valence-corrected chi connectivity index (χ0v) is 21.5. The number of fused-ring (bicyclic) bond motifs is 1. The Morgan fingerprint density at radius 2 is 1.91 bits per heavy atom. The van der Waals surface area contributed by atoms with Crippen LogP contribution in [0.25, 0.3) is 0 Å². The van der Waals surface area contributed by atoms with Crippen molar-refractivity contribution in [2.75, 3.05) is 19.6 Å². The number of amides is 1. The number of hydrogen-bond donors (Lipinski definition) is 0. The van der Waals surface area contributed by atoms with E-state index in [0.717, 1.165) is 92.8 Å². The Morgan fingerprint density at radius 3 is 2.71 bits per heavy atom. The van der Waals surface area contributed by atoms with Crippen LogP contribution in [0.15, 0.2) is 80.4 Å². The standard InChI is InChI=1S/C30H38N4O/c1-4-33-16-14-25(15-17-33)29-20-34-26(19-31-29)12-8-21(2)27(18-30(34)35)23-6-5-7-24-10-9-22(3)32-28(24)13-11-23/h6,11-13,18-21,25H,4-5,7-10,14-17H2,1-3H3/b13-11?,23-6?,26-12?,27-18+. The van der Waals surface area contributed by atoms with Gasteiger partial charge in [0.1, 0.15) is 0 Å². The average Bonchev–Trinajstić information content (AvgIpc) is 2.86. The fraction of sp³-hybridized carbons (Fsp3) is 0.500. The van der Waals surface area contributed by atoms with E-state index in [-0.39, 0.29) is 11.8 Å². The summed E-state index contributed by atoms with van der Waals surface area (Å²) in [5.74, 6) is 0.704. The van der Waals surface area contributed by atoms with Crippen LogP contribution in [0.3, 0.4) is 0 Å². The molecule has 5 aliphatic rings. The normalized spacial score (nSPS) is 27.9. The average molecular weight is 471 g/mol. The Morgan fingerprint density at radius 1 is 1.09 bits per heavy atom. The van der Waals surface area contributed by atoms with E-state index in [2.05, 4.69) is 50.0 Å². The number of likely N-dealkylation sites (tertiary alicyclic amines) is 1. The van der Waals surface area contributed by atoms with Crippen molar-refractivity contribution in [1.29, 1.82) is 0 Å². The van der Waals surface area contributed by atoms with Crippen LogP contribution in [0.5, 0.6) is 0 Å². The van der Waals surface area contributed by atoms with Crippen molar-refractivity contribution < 1.29 is 4.79 Å². The minimum absolute atomic E-state index is 0.0234. The van der Waals surface area contributed by atoms with E-state index in [1.165, 1.54) is 11.3 Å². The summed E-state index contributed by atoms with van der Waals surface area (Å²) in [5, 5.41) is 0. The molecular weight excluding hydrogens is 432 g/mol. The molecule has 1 unspecified atom stereocenters. The summed E-state index contributed by atoms with van der Waals surface area (Å²) in [6, 6.07) is 0. The Labute approximate surface area is 210 Å². The Hall–Kier alpha value is -2.79. The SMILES string of the molecule is CCN1CCC(C2=CN3C(=O)/C=C(/C4=CCCC5=C(C=C4)N=C(C)CC5)C(C)CC=C3C=N2)CC1. The van der Waals surface area contributed by atoms with Gasteiger partial charge in [0.05, 0.1) is 23.3 Å². The van der Waals surface area contributed by atoms with E-state index in [9.17, 15) is 4.79 Å². The van der Waals surface area contributed by atoms with Crippen LogP contribution >= 0.6 is 0 Å². The van der Waals surface area contributed by atoms with Crippen LogP contribution in [-0.4, -0.2) is 47.3 Å². The molecule has 5 rings (SSSR count). The third-order valence-electron chi connectivity index (χ3n) is 8.09. The molecule has 4 heterocycles. The molecule has 0 spiro atoms. The molecule has 1 fully saturated rings. The summed E-state index contributed by atoms with van der Waals surface area (Å²) in [6.45, 7) is 9.87. The van der Waals surface area contributed by atoms with Gasteiger partial charge >= 0.3 is 0 Å². The first-order valence-electron chi connectivity index (χ1n) is 13.4. The van der Waals surface area contributed by atoms with Gasteiger partial charge in [-0.25, -0.2) is 0 Å². The topological polar surface area (TPSA) is 48.3 Å². The lowest BCUT2D eigenvalue weighted by Gasteiger charge is -2.33. The van der Waals surface area contributed by atoms with Crippen LogP contribution in [0.1, 0.15) is 65.7 Å². The number of hydrogen-bond acceptors (Lipinski definition) is 4. The van der Waals surface area contributed by atoms with Crippen LogP contribution in [0.2, 0.25) is 0 Å². The molecule has 0 aromatic carbocycles. The van der Waals surface area contributed by atoms with Gasteiger partial charge in [-0.1, -0.05) is 32.1 Å². The highest BCUT2D eigenvalue weighted by Gasteiger charge is 2.28. The first kappa shape index (κ1) is 23.9. The molecule has 0 saturated carbocycles. The van der Waals surface area contributed by atoms with Gasteiger partial charge in [0, 0.05) is 23.9 Å². The predicted octanol–water partition coefficient (Wildman–Crippen LogP) is 6.11. The predicted molar refractivity (Wildman–Crippen MR) is 144 cm³/mol. The number of carbonyl (C=O) groups excluding carboxylic acids is 1. The minimum Gasteiger partial charge on any atom is -0.304 e. The summed E-state index contributed by atoms with van der Waals surface area (Å²) < 4.78 is 0. The lowest BCUT2D eigenvalue weighted by atomic mass is 9.86. The number of nitrogens with zero attached hydrogens (tertiary/aromatic N) is 4. The molecule has 0 bridgehead atoms. The van der Waals surface area contributed by atoms with E-state index >= 15 is 0 Å². The first-order chi connectivity index (χ1) is 17.0. The molecule has 1 atom stereocenters. The molecule has 0 radical (unpaired) electrons. The summed E-state index contributed by atoms with van der Waals surface area (Å²) in [5.41, 5.74) is 8.02. The third kappa shape index (κ3) is 5.25. The summed E-state index contributed by atoms with van der Waals surface area (Å²) >= 11 is 0. The Kier molecular flexibility index (Phi) is 7.14. The molecule has 1 saturated heterocycles. The molecule has 1 aliphatic carbocycles. The van der Waals surface area contributed by atoms with Gasteiger partial charge < -0.3 is 4.90 Å². The van der Waals surface area contributed by atoms with Gasteiger partial charge in [0.15, 0.2) is 0 Å². The van der Waals surface area contributed by atoms with Crippen molar-refractivity contribution in [2.24, 2.45) is 21.8 Å². The second kappa shape index (κ2) is 10.4. The summed E-state index contributed by atoms with van der Waals surface area (Å²) in [7, 11) is 0. The number of allylic oxidation sites excluding steroid dienone is 9. The smallest absolute Gasteiger partial charge is 0.255 e. The molecule has 1 amide bonds. The second-order valence-electron chi connectivity index (χ2n) is 10.5. The van der Waals surface area contributed by atoms with Gasteiger partial charge in [-0.15, -0.1) is 0 Å². The second-order valence-corrected chi connectivity index (χ2v) is 10.5. The van der Waals surface area contributed by atoms with Gasteiger partial charge in [-0.2, -0.15) is 0 Å². The van der Waals surface area contributed by atoms with E-state index < -0.39 is 0 Å². The number of rotatable bonds is 3. The van der Waals surface area contributed by atoms with Crippen LogP contribution in [0.4, 0.5) is 0 Å². The van der Waals surface area contributed by atoms with Crippen LogP contribution in [0, 0.1) is 11.8 Å².